The number of hydrogen-bond donors (Lipinski definition) is 1. The van der Waals surface area contributed by atoms with Crippen molar-refractivity contribution in [2.24, 2.45) is 0 Å². The number of likely N-dealkylation sites (tertiary alicyclic amines) is 1. The lowest BCUT2D eigenvalue weighted by Crippen LogP contribution is -2.49. The minimum atomic E-state index is -0.510. The molecule has 32 heavy (non-hydrogen) atoms. The van der Waals surface area contributed by atoms with E-state index in [0.717, 1.165) is 48.6 Å². The molecular weight excluding hydrogens is 405 g/mol. The number of carbonyl (C=O) groups excluding carboxylic acids is 2. The van der Waals surface area contributed by atoms with Crippen LogP contribution in [0.15, 0.2) is 54.7 Å². The van der Waals surface area contributed by atoms with Gasteiger partial charge in [0.1, 0.15) is 5.82 Å². The zero-order chi connectivity index (χ0) is 22.1. The third-order valence-corrected chi connectivity index (χ3v) is 6.84. The fraction of sp³-hybridized carbons (Fsp3) is 0.346. The first-order chi connectivity index (χ1) is 15.6. The Morgan fingerprint density at radius 2 is 1.78 bits per heavy atom. The summed E-state index contributed by atoms with van der Waals surface area (Å²) in [6.45, 7) is 1.03. The molecule has 0 radical (unpaired) electrons. The van der Waals surface area contributed by atoms with Crippen LogP contribution in [0.4, 0.5) is 4.39 Å². The number of amides is 2. The second kappa shape index (κ2) is 8.69. The molecular formula is C26H26FN3O2. The highest BCUT2D eigenvalue weighted by molar-refractivity contribution is 6.35. The second-order valence-electron chi connectivity index (χ2n) is 8.81. The molecule has 1 saturated heterocycles. The topological polar surface area (TPSA) is 62.3 Å². The van der Waals surface area contributed by atoms with Gasteiger partial charge in [0.2, 0.25) is 0 Å². The van der Waals surface area contributed by atoms with Gasteiger partial charge in [0.15, 0.2) is 0 Å². The molecule has 0 bridgehead atoms. The van der Waals surface area contributed by atoms with Gasteiger partial charge in [-0.15, -0.1) is 0 Å². The number of hydrogen-bond acceptors (Lipinski definition) is 3. The molecule has 6 heteroatoms. The minimum Gasteiger partial charge on any atom is -0.345 e. The summed E-state index contributed by atoms with van der Waals surface area (Å²) in [6, 6.07) is 14.9. The smallest absolute Gasteiger partial charge is 0.311 e. The van der Waals surface area contributed by atoms with Crippen molar-refractivity contribution in [2.45, 2.75) is 44.1 Å². The fourth-order valence-electron chi connectivity index (χ4n) is 5.10. The van der Waals surface area contributed by atoms with E-state index in [4.69, 9.17) is 0 Å². The summed E-state index contributed by atoms with van der Waals surface area (Å²) in [5.41, 5.74) is 4.41. The summed E-state index contributed by atoms with van der Waals surface area (Å²) in [5.74, 6) is -1.03. The van der Waals surface area contributed by atoms with Crippen LogP contribution < -0.4 is 5.32 Å². The highest BCUT2D eigenvalue weighted by atomic mass is 19.1. The lowest BCUT2D eigenvalue weighted by molar-refractivity contribution is -0.147. The van der Waals surface area contributed by atoms with E-state index in [1.54, 1.807) is 17.2 Å². The largest absolute Gasteiger partial charge is 0.345 e. The molecule has 1 fully saturated rings. The van der Waals surface area contributed by atoms with Crippen molar-refractivity contribution in [1.29, 1.82) is 0 Å². The Kier molecular flexibility index (Phi) is 5.60. The number of nitrogens with zero attached hydrogens (tertiary/aromatic N) is 2. The molecule has 3 aromatic rings. The molecule has 164 valence electrons. The highest BCUT2D eigenvalue weighted by Gasteiger charge is 2.30. The summed E-state index contributed by atoms with van der Waals surface area (Å²) in [6.07, 6.45) is 5.77. The molecule has 0 unspecified atom stereocenters. The highest BCUT2D eigenvalue weighted by Crippen LogP contribution is 2.32. The van der Waals surface area contributed by atoms with E-state index in [9.17, 15) is 14.0 Å². The van der Waals surface area contributed by atoms with E-state index in [1.807, 2.05) is 18.2 Å². The van der Waals surface area contributed by atoms with Gasteiger partial charge in [-0.25, -0.2) is 4.39 Å². The number of piperidine rings is 1. The van der Waals surface area contributed by atoms with Gasteiger partial charge in [-0.2, -0.15) is 0 Å². The van der Waals surface area contributed by atoms with Gasteiger partial charge in [0.05, 0.1) is 5.52 Å². The lowest BCUT2D eigenvalue weighted by atomic mass is 9.87. The van der Waals surface area contributed by atoms with Crippen molar-refractivity contribution in [3.8, 4) is 0 Å². The van der Waals surface area contributed by atoms with Crippen molar-refractivity contribution < 1.29 is 14.0 Å². The molecule has 1 aromatic heterocycles. The van der Waals surface area contributed by atoms with E-state index in [0.29, 0.717) is 13.1 Å². The molecule has 2 aliphatic rings. The molecule has 0 saturated carbocycles. The van der Waals surface area contributed by atoms with Crippen LogP contribution in [0.5, 0.6) is 0 Å². The predicted octanol–water partition coefficient (Wildman–Crippen LogP) is 3.75. The number of pyridine rings is 1. The van der Waals surface area contributed by atoms with Gasteiger partial charge < -0.3 is 10.2 Å². The SMILES string of the molecule is O=C(N[C@@H]1CCc2ccccc2C1)C(=O)N1CCC(c2ccnc3ccc(F)cc23)CC1. The van der Waals surface area contributed by atoms with E-state index in [1.165, 1.54) is 23.3 Å². The number of fused-ring (bicyclic) bond motifs is 2. The van der Waals surface area contributed by atoms with Crippen molar-refractivity contribution in [3.63, 3.8) is 0 Å². The molecule has 2 aromatic carbocycles. The van der Waals surface area contributed by atoms with E-state index >= 15 is 0 Å². The number of benzene rings is 2. The summed E-state index contributed by atoms with van der Waals surface area (Å²) < 4.78 is 13.8. The molecule has 1 atom stereocenters. The maximum absolute atomic E-state index is 13.8. The lowest BCUT2D eigenvalue weighted by Gasteiger charge is -2.33. The Bertz CT molecular complexity index is 1170. The zero-order valence-electron chi connectivity index (χ0n) is 17.9. The maximum atomic E-state index is 13.8. The van der Waals surface area contributed by atoms with E-state index in [2.05, 4.69) is 22.4 Å². The van der Waals surface area contributed by atoms with Gasteiger partial charge in [-0.3, -0.25) is 14.6 Å². The van der Waals surface area contributed by atoms with Gasteiger partial charge in [-0.1, -0.05) is 24.3 Å². The third kappa shape index (κ3) is 4.09. The van der Waals surface area contributed by atoms with E-state index < -0.39 is 11.8 Å². The molecule has 0 spiro atoms. The van der Waals surface area contributed by atoms with Crippen molar-refractivity contribution in [2.75, 3.05) is 13.1 Å². The van der Waals surface area contributed by atoms with Gasteiger partial charge in [0.25, 0.3) is 0 Å². The van der Waals surface area contributed by atoms with Gasteiger partial charge >= 0.3 is 11.8 Å². The normalized spacial score (nSPS) is 18.9. The first-order valence-electron chi connectivity index (χ1n) is 11.3. The molecule has 5 nitrogen and oxygen atoms in total. The Labute approximate surface area is 186 Å². The average molecular weight is 432 g/mol. The quantitative estimate of drug-likeness (QED) is 0.629. The van der Waals surface area contributed by atoms with Crippen LogP contribution in [0.1, 0.15) is 41.9 Å². The van der Waals surface area contributed by atoms with Crippen molar-refractivity contribution in [3.05, 3.63) is 77.2 Å². The fourth-order valence-corrected chi connectivity index (χ4v) is 5.10. The van der Waals surface area contributed by atoms with Gasteiger partial charge in [-0.05, 0) is 79.0 Å². The molecule has 2 amide bonds. The molecule has 5 rings (SSSR count). The first-order valence-corrected chi connectivity index (χ1v) is 11.3. The molecule has 2 heterocycles. The number of nitrogens with one attached hydrogen (secondary N) is 1. The first kappa shape index (κ1) is 20.6. The summed E-state index contributed by atoms with van der Waals surface area (Å²) >= 11 is 0. The Hall–Kier alpha value is -3.28. The summed E-state index contributed by atoms with van der Waals surface area (Å²) in [5, 5.41) is 3.78. The number of carbonyl (C=O) groups is 2. The van der Waals surface area contributed by atoms with E-state index in [-0.39, 0.29) is 17.8 Å². The summed E-state index contributed by atoms with van der Waals surface area (Å²) in [7, 11) is 0. The number of rotatable bonds is 2. The Balaban J connectivity index is 1.20. The third-order valence-electron chi connectivity index (χ3n) is 6.84. The minimum absolute atomic E-state index is 0.00281. The summed E-state index contributed by atoms with van der Waals surface area (Å²) in [4.78, 5) is 31.4. The Morgan fingerprint density at radius 1 is 1.00 bits per heavy atom. The molecule has 1 N–H and O–H groups in total. The number of halogens is 1. The van der Waals surface area contributed by atoms with Crippen LogP contribution in [0.2, 0.25) is 0 Å². The van der Waals surface area contributed by atoms with Crippen LogP contribution in [-0.2, 0) is 22.4 Å². The monoisotopic (exact) mass is 431 g/mol. The average Bonchev–Trinajstić information content (AvgIpc) is 2.83. The van der Waals surface area contributed by atoms with Crippen LogP contribution in [0.25, 0.3) is 10.9 Å². The predicted molar refractivity (Wildman–Crippen MR) is 121 cm³/mol. The van der Waals surface area contributed by atoms with Crippen LogP contribution in [0.3, 0.4) is 0 Å². The van der Waals surface area contributed by atoms with Crippen LogP contribution >= 0.6 is 0 Å². The van der Waals surface area contributed by atoms with Crippen LogP contribution in [0, 0.1) is 5.82 Å². The van der Waals surface area contributed by atoms with Crippen molar-refractivity contribution in [1.82, 2.24) is 15.2 Å². The zero-order valence-corrected chi connectivity index (χ0v) is 17.9. The molecule has 1 aliphatic carbocycles. The second-order valence-corrected chi connectivity index (χ2v) is 8.81. The number of aromatic nitrogens is 1. The van der Waals surface area contributed by atoms with Crippen molar-refractivity contribution >= 4 is 22.7 Å². The number of aryl methyl sites for hydroxylation is 1. The standard InChI is InChI=1S/C26H26FN3O2/c27-20-6-8-24-23(16-20)22(9-12-28-24)18-10-13-30(14-11-18)26(32)25(31)29-21-7-5-17-3-1-2-4-19(17)15-21/h1-4,6,8-9,12,16,18,21H,5,7,10-11,13-15H2,(H,29,31)/t21-/m1/s1. The Morgan fingerprint density at radius 3 is 2.59 bits per heavy atom. The molecule has 1 aliphatic heterocycles. The maximum Gasteiger partial charge on any atom is 0.311 e. The van der Waals surface area contributed by atoms with Crippen LogP contribution in [-0.4, -0.2) is 40.8 Å². The van der Waals surface area contributed by atoms with Gasteiger partial charge in [0, 0.05) is 30.7 Å².